The third-order valence-electron chi connectivity index (χ3n) is 6.48. The number of hydrogen-bond acceptors (Lipinski definition) is 5. The predicted octanol–water partition coefficient (Wildman–Crippen LogP) is 4.77. The molecular weight excluding hydrogens is 440 g/mol. The van der Waals surface area contributed by atoms with Gasteiger partial charge in [-0.15, -0.1) is 0 Å². The highest BCUT2D eigenvalue weighted by Gasteiger charge is 2.36. The van der Waals surface area contributed by atoms with E-state index in [4.69, 9.17) is 0 Å². The Morgan fingerprint density at radius 3 is 2.47 bits per heavy atom. The Morgan fingerprint density at radius 1 is 1.18 bits per heavy atom. The Hall–Kier alpha value is -2.86. The minimum Gasteiger partial charge on any atom is -0.307 e. The lowest BCUT2D eigenvalue weighted by molar-refractivity contribution is -0.130. The summed E-state index contributed by atoms with van der Waals surface area (Å²) in [7, 11) is 1.98. The van der Waals surface area contributed by atoms with E-state index in [-0.39, 0.29) is 41.8 Å². The summed E-state index contributed by atoms with van der Waals surface area (Å²) in [6, 6.07) is 2.49. The van der Waals surface area contributed by atoms with Gasteiger partial charge < -0.3 is 9.47 Å². The van der Waals surface area contributed by atoms with Crippen molar-refractivity contribution in [2.24, 2.45) is 5.92 Å². The number of carbonyl (C=O) groups excluding carboxylic acids is 2. The fourth-order valence-corrected chi connectivity index (χ4v) is 4.41. The van der Waals surface area contributed by atoms with E-state index in [0.29, 0.717) is 25.7 Å². The lowest BCUT2D eigenvalue weighted by atomic mass is 9.95. The quantitative estimate of drug-likeness (QED) is 0.490. The van der Waals surface area contributed by atoms with Crippen molar-refractivity contribution in [1.82, 2.24) is 14.5 Å². The zero-order valence-corrected chi connectivity index (χ0v) is 20.2. The van der Waals surface area contributed by atoms with Crippen molar-refractivity contribution in [2.75, 3.05) is 25.0 Å². The molecule has 1 aliphatic rings. The topological polar surface area (TPSA) is 82.2 Å². The van der Waals surface area contributed by atoms with Crippen molar-refractivity contribution in [3.8, 4) is 6.07 Å². The number of aromatic nitrogens is 2. The van der Waals surface area contributed by atoms with E-state index in [1.165, 1.54) is 4.57 Å². The van der Waals surface area contributed by atoms with Crippen molar-refractivity contribution in [3.63, 3.8) is 0 Å². The van der Waals surface area contributed by atoms with Gasteiger partial charge in [-0.3, -0.25) is 9.59 Å². The minimum atomic E-state index is -0.890. The fourth-order valence-electron chi connectivity index (χ4n) is 4.41. The average Bonchev–Trinajstić information content (AvgIpc) is 3.20. The number of hydrogen-bond donors (Lipinski definition) is 0. The normalized spacial score (nSPS) is 14.9. The summed E-state index contributed by atoms with van der Waals surface area (Å²) < 4.78 is 31.5. The molecule has 2 aromatic rings. The summed E-state index contributed by atoms with van der Waals surface area (Å²) in [5, 5.41) is 9.26. The number of anilines is 1. The first-order chi connectivity index (χ1) is 16.3. The van der Waals surface area contributed by atoms with E-state index in [1.807, 2.05) is 20.9 Å². The Bertz CT molecular complexity index is 1080. The van der Waals surface area contributed by atoms with E-state index in [1.54, 1.807) is 6.07 Å². The molecule has 0 unspecified atom stereocenters. The zero-order chi connectivity index (χ0) is 24.8. The highest BCUT2D eigenvalue weighted by Crippen LogP contribution is 2.32. The van der Waals surface area contributed by atoms with Crippen LogP contribution in [0.1, 0.15) is 70.8 Å². The molecule has 7 nitrogen and oxygen atoms in total. The summed E-state index contributed by atoms with van der Waals surface area (Å²) >= 11 is 0. The molecule has 2 heterocycles. The van der Waals surface area contributed by atoms with E-state index in [9.17, 15) is 19.2 Å². The molecule has 1 aliphatic heterocycles. The Morgan fingerprint density at radius 2 is 1.85 bits per heavy atom. The molecule has 0 atom stereocenters. The van der Waals surface area contributed by atoms with Gasteiger partial charge in [-0.2, -0.15) is 5.26 Å². The van der Waals surface area contributed by atoms with Crippen molar-refractivity contribution >= 4 is 28.8 Å². The lowest BCUT2D eigenvalue weighted by Crippen LogP contribution is -2.45. The zero-order valence-electron chi connectivity index (χ0n) is 20.2. The molecule has 1 fully saturated rings. The van der Waals surface area contributed by atoms with Gasteiger partial charge in [0.2, 0.25) is 17.8 Å². The molecule has 0 radical (unpaired) electrons. The Labute approximate surface area is 199 Å². The van der Waals surface area contributed by atoms with Gasteiger partial charge in [-0.05, 0) is 51.9 Å². The largest absolute Gasteiger partial charge is 0.307 e. The van der Waals surface area contributed by atoms with Crippen LogP contribution in [0, 0.1) is 28.9 Å². The van der Waals surface area contributed by atoms with Crippen LogP contribution in [-0.2, 0) is 16.1 Å². The van der Waals surface area contributed by atoms with Crippen LogP contribution >= 0.6 is 0 Å². The fraction of sp³-hybridized carbons (Fsp3) is 0.600. The van der Waals surface area contributed by atoms with Crippen molar-refractivity contribution in [2.45, 2.75) is 71.8 Å². The summed E-state index contributed by atoms with van der Waals surface area (Å²) in [6.45, 7) is 5.68. The summed E-state index contributed by atoms with van der Waals surface area (Å²) in [5.74, 6) is -2.94. The first kappa shape index (κ1) is 25.8. The van der Waals surface area contributed by atoms with E-state index in [0.717, 1.165) is 43.3 Å². The number of nitriles is 1. The van der Waals surface area contributed by atoms with Crippen molar-refractivity contribution in [3.05, 3.63) is 23.3 Å². The SMILES string of the molecule is CCCCCC(=O)N(C(=O)C1CCN(C)CC1)c1nc2c(F)cc(C#N)c(F)c2n1CCCC. The monoisotopic (exact) mass is 473 g/mol. The molecule has 0 bridgehead atoms. The van der Waals surface area contributed by atoms with Crippen LogP contribution in [0.3, 0.4) is 0 Å². The van der Waals surface area contributed by atoms with Gasteiger partial charge in [0.15, 0.2) is 11.6 Å². The van der Waals surface area contributed by atoms with Crippen LogP contribution in [0.4, 0.5) is 14.7 Å². The maximum absolute atomic E-state index is 15.2. The number of nitrogens with zero attached hydrogens (tertiary/aromatic N) is 5. The first-order valence-corrected chi connectivity index (χ1v) is 12.2. The average molecular weight is 474 g/mol. The summed E-state index contributed by atoms with van der Waals surface area (Å²) in [4.78, 5) is 34.5. The van der Waals surface area contributed by atoms with Gasteiger partial charge in [-0.1, -0.05) is 33.1 Å². The number of carbonyl (C=O) groups is 2. The maximum Gasteiger partial charge on any atom is 0.239 e. The van der Waals surface area contributed by atoms with Crippen molar-refractivity contribution in [1.29, 1.82) is 5.26 Å². The summed E-state index contributed by atoms with van der Waals surface area (Å²) in [6.07, 6.45) is 5.09. The number of rotatable bonds is 9. The van der Waals surface area contributed by atoms with E-state index >= 15 is 4.39 Å². The molecule has 0 spiro atoms. The highest BCUT2D eigenvalue weighted by atomic mass is 19.1. The predicted molar refractivity (Wildman–Crippen MR) is 126 cm³/mol. The second kappa shape index (κ2) is 11.5. The van der Waals surface area contributed by atoms with E-state index < -0.39 is 23.1 Å². The molecule has 9 heteroatoms. The molecular formula is C25H33F2N5O2. The first-order valence-electron chi connectivity index (χ1n) is 12.2. The van der Waals surface area contributed by atoms with Gasteiger partial charge in [0.05, 0.1) is 5.56 Å². The molecule has 184 valence electrons. The number of amides is 2. The van der Waals surface area contributed by atoms with Gasteiger partial charge >= 0.3 is 0 Å². The van der Waals surface area contributed by atoms with Crippen LogP contribution in [-0.4, -0.2) is 46.4 Å². The van der Waals surface area contributed by atoms with Crippen LogP contribution in [0.5, 0.6) is 0 Å². The van der Waals surface area contributed by atoms with Gasteiger partial charge in [0.25, 0.3) is 0 Å². The number of imide groups is 1. The molecule has 0 saturated carbocycles. The van der Waals surface area contributed by atoms with Crippen LogP contribution in [0.25, 0.3) is 11.0 Å². The number of piperidine rings is 1. The Kier molecular flexibility index (Phi) is 8.72. The molecule has 0 N–H and O–H groups in total. The second-order valence-electron chi connectivity index (χ2n) is 9.05. The van der Waals surface area contributed by atoms with Gasteiger partial charge in [-0.25, -0.2) is 18.7 Å². The maximum atomic E-state index is 15.2. The van der Waals surface area contributed by atoms with Crippen LogP contribution in [0.15, 0.2) is 6.07 Å². The number of unbranched alkanes of at least 4 members (excludes halogenated alkanes) is 3. The Balaban J connectivity index is 2.15. The second-order valence-corrected chi connectivity index (χ2v) is 9.05. The van der Waals surface area contributed by atoms with Gasteiger partial charge in [0.1, 0.15) is 17.1 Å². The number of halogens is 2. The third-order valence-corrected chi connectivity index (χ3v) is 6.48. The standard InChI is InChI=1S/C25H33F2N5O2/c1-4-6-8-9-20(33)32(24(34)17-10-13-30(3)14-11-17)25-29-22-19(26)15-18(16-28)21(27)23(22)31(25)12-7-5-2/h15,17H,4-14H2,1-3H3. The third kappa shape index (κ3) is 5.27. The van der Waals surface area contributed by atoms with Crippen molar-refractivity contribution < 1.29 is 18.4 Å². The number of benzene rings is 1. The minimum absolute atomic E-state index is 0.0539. The summed E-state index contributed by atoms with van der Waals surface area (Å²) in [5.41, 5.74) is -0.885. The molecule has 1 saturated heterocycles. The molecule has 3 rings (SSSR count). The van der Waals surface area contributed by atoms with Crippen LogP contribution < -0.4 is 4.90 Å². The van der Waals surface area contributed by atoms with Gasteiger partial charge in [0, 0.05) is 18.9 Å². The van der Waals surface area contributed by atoms with E-state index in [2.05, 4.69) is 9.88 Å². The number of likely N-dealkylation sites (tertiary alicyclic amines) is 1. The smallest absolute Gasteiger partial charge is 0.239 e. The number of imidazole rings is 1. The highest BCUT2D eigenvalue weighted by molar-refractivity contribution is 6.15. The molecule has 2 amide bonds. The molecule has 1 aromatic carbocycles. The lowest BCUT2D eigenvalue weighted by Gasteiger charge is -2.31. The molecule has 0 aliphatic carbocycles. The molecule has 1 aromatic heterocycles. The number of fused-ring (bicyclic) bond motifs is 1. The number of aryl methyl sites for hydroxylation is 1. The van der Waals surface area contributed by atoms with Crippen LogP contribution in [0.2, 0.25) is 0 Å². The molecule has 34 heavy (non-hydrogen) atoms.